The molecule has 1 aliphatic rings. The fraction of sp³-hybridized carbons (Fsp3) is 0.208. The van der Waals surface area contributed by atoms with E-state index in [4.69, 9.17) is 16.7 Å². The number of hydrazone groups is 1. The van der Waals surface area contributed by atoms with E-state index < -0.39 is 42.1 Å². The van der Waals surface area contributed by atoms with Gasteiger partial charge in [-0.05, 0) is 29.3 Å². The zero-order valence-electron chi connectivity index (χ0n) is 18.4. The number of hydrogen-bond acceptors (Lipinski definition) is 5. The molecule has 1 aromatic heterocycles. The molecule has 13 heteroatoms. The summed E-state index contributed by atoms with van der Waals surface area (Å²) in [5.41, 5.74) is -5.52. The molecule has 2 aromatic carbocycles. The first-order chi connectivity index (χ1) is 17.2. The smallest absolute Gasteiger partial charge is 0.431 e. The van der Waals surface area contributed by atoms with Gasteiger partial charge in [-0.2, -0.15) is 31.4 Å². The van der Waals surface area contributed by atoms with Crippen LogP contribution in [0.2, 0.25) is 5.02 Å². The summed E-state index contributed by atoms with van der Waals surface area (Å²) in [5.74, 6) is -1.20. The first kappa shape index (κ1) is 26.4. The molecule has 2 heterocycles. The van der Waals surface area contributed by atoms with Crippen LogP contribution in [0.25, 0.3) is 11.1 Å². The number of rotatable bonds is 5. The third-order valence-corrected chi connectivity index (χ3v) is 6.18. The van der Waals surface area contributed by atoms with E-state index in [1.807, 2.05) is 0 Å². The molecule has 0 aliphatic carbocycles. The Balaban J connectivity index is 1.77. The Hall–Kier alpha value is -3.64. The zero-order valence-corrected chi connectivity index (χ0v) is 19.2. The summed E-state index contributed by atoms with van der Waals surface area (Å²) in [7, 11) is 0. The molecule has 2 N–H and O–H groups in total. The van der Waals surface area contributed by atoms with Crippen molar-refractivity contribution >= 4 is 29.0 Å². The quantitative estimate of drug-likeness (QED) is 0.371. The van der Waals surface area contributed by atoms with Crippen molar-refractivity contribution in [1.29, 1.82) is 0 Å². The SMILES string of the molecule is O=C(O)c1cncc(-c2ccc(C3CC(C(O)(C(F)(F)F)C(F)(F)F)=NN3c3ccccc3Cl)cc2)c1. The Bertz CT molecular complexity index is 1340. The van der Waals surface area contributed by atoms with Crippen molar-refractivity contribution in [3.8, 4) is 11.1 Å². The Morgan fingerprint density at radius 2 is 1.57 bits per heavy atom. The van der Waals surface area contributed by atoms with E-state index in [-0.39, 0.29) is 21.8 Å². The number of anilines is 1. The minimum Gasteiger partial charge on any atom is -0.478 e. The highest BCUT2D eigenvalue weighted by molar-refractivity contribution is 6.33. The van der Waals surface area contributed by atoms with E-state index in [2.05, 4.69) is 10.1 Å². The summed E-state index contributed by atoms with van der Waals surface area (Å²) in [6.45, 7) is 0. The van der Waals surface area contributed by atoms with Crippen molar-refractivity contribution in [2.75, 3.05) is 5.01 Å². The summed E-state index contributed by atoms with van der Waals surface area (Å²) in [6.07, 6.45) is -10.5. The second-order valence-electron chi connectivity index (χ2n) is 8.16. The van der Waals surface area contributed by atoms with Gasteiger partial charge in [-0.1, -0.05) is 48.0 Å². The largest absolute Gasteiger partial charge is 0.478 e. The number of para-hydroxylation sites is 1. The molecule has 0 bridgehead atoms. The molecule has 0 saturated heterocycles. The molecule has 0 fully saturated rings. The maximum atomic E-state index is 13.6. The van der Waals surface area contributed by atoms with Gasteiger partial charge in [0.25, 0.3) is 5.60 Å². The van der Waals surface area contributed by atoms with Gasteiger partial charge < -0.3 is 10.2 Å². The summed E-state index contributed by atoms with van der Waals surface area (Å²) in [6, 6.07) is 11.9. The van der Waals surface area contributed by atoms with Crippen LogP contribution in [0, 0.1) is 0 Å². The highest BCUT2D eigenvalue weighted by atomic mass is 35.5. The number of pyridine rings is 1. The molecule has 4 rings (SSSR count). The van der Waals surface area contributed by atoms with Gasteiger partial charge in [0.1, 0.15) is 0 Å². The molecule has 0 saturated carbocycles. The third-order valence-electron chi connectivity index (χ3n) is 5.86. The van der Waals surface area contributed by atoms with Gasteiger partial charge in [0.05, 0.1) is 28.0 Å². The molecule has 0 amide bonds. The van der Waals surface area contributed by atoms with Gasteiger partial charge in [0.2, 0.25) is 0 Å². The Kier molecular flexibility index (Phi) is 6.67. The fourth-order valence-electron chi connectivity index (χ4n) is 3.95. The third kappa shape index (κ3) is 4.74. The van der Waals surface area contributed by atoms with Crippen LogP contribution in [0.5, 0.6) is 0 Å². The Labute approximate surface area is 210 Å². The van der Waals surface area contributed by atoms with Crippen molar-refractivity contribution in [3.63, 3.8) is 0 Å². The first-order valence-corrected chi connectivity index (χ1v) is 10.9. The molecule has 37 heavy (non-hydrogen) atoms. The van der Waals surface area contributed by atoms with E-state index in [0.29, 0.717) is 11.1 Å². The van der Waals surface area contributed by atoms with E-state index >= 15 is 0 Å². The number of aliphatic hydroxyl groups is 1. The zero-order chi connectivity index (χ0) is 27.2. The number of alkyl halides is 6. The molecular formula is C24H16ClF6N3O3. The average molecular weight is 544 g/mol. The Morgan fingerprint density at radius 3 is 2.14 bits per heavy atom. The van der Waals surface area contributed by atoms with Crippen molar-refractivity contribution < 1.29 is 41.4 Å². The van der Waals surface area contributed by atoms with Gasteiger partial charge in [-0.25, -0.2) is 4.79 Å². The molecule has 0 radical (unpaired) electrons. The molecule has 1 unspecified atom stereocenters. The van der Waals surface area contributed by atoms with Crippen LogP contribution in [0.1, 0.15) is 28.4 Å². The monoisotopic (exact) mass is 543 g/mol. The normalized spacial score (nSPS) is 16.6. The molecule has 3 aromatic rings. The van der Waals surface area contributed by atoms with Gasteiger partial charge in [0, 0.05) is 24.4 Å². The number of benzene rings is 2. The van der Waals surface area contributed by atoms with Crippen LogP contribution in [0.4, 0.5) is 32.0 Å². The van der Waals surface area contributed by atoms with Crippen molar-refractivity contribution in [1.82, 2.24) is 4.98 Å². The maximum Gasteiger partial charge on any atom is 0.431 e. The lowest BCUT2D eigenvalue weighted by molar-refractivity contribution is -0.338. The van der Waals surface area contributed by atoms with Gasteiger partial charge in [-0.3, -0.25) is 9.99 Å². The van der Waals surface area contributed by atoms with Crippen LogP contribution in [-0.4, -0.2) is 44.8 Å². The van der Waals surface area contributed by atoms with Crippen LogP contribution in [0.15, 0.2) is 72.1 Å². The van der Waals surface area contributed by atoms with Crippen LogP contribution in [0.3, 0.4) is 0 Å². The lowest BCUT2D eigenvalue weighted by Gasteiger charge is -2.32. The highest BCUT2D eigenvalue weighted by Gasteiger charge is 2.74. The first-order valence-electron chi connectivity index (χ1n) is 10.5. The number of carboxylic acids is 1. The minimum absolute atomic E-state index is 0.0215. The van der Waals surface area contributed by atoms with Gasteiger partial charge >= 0.3 is 18.3 Å². The topological polar surface area (TPSA) is 86.0 Å². The van der Waals surface area contributed by atoms with Crippen molar-refractivity contribution in [2.45, 2.75) is 30.4 Å². The summed E-state index contributed by atoms with van der Waals surface area (Å²) >= 11 is 6.17. The van der Waals surface area contributed by atoms with Crippen LogP contribution in [-0.2, 0) is 0 Å². The number of carbonyl (C=O) groups is 1. The molecule has 0 spiro atoms. The van der Waals surface area contributed by atoms with Crippen LogP contribution < -0.4 is 5.01 Å². The molecule has 1 aliphatic heterocycles. The fourth-order valence-corrected chi connectivity index (χ4v) is 4.17. The number of nitrogens with zero attached hydrogens (tertiary/aromatic N) is 3. The van der Waals surface area contributed by atoms with Gasteiger partial charge in [0.15, 0.2) is 0 Å². The predicted octanol–water partition coefficient (Wildman–Crippen LogP) is 6.26. The molecule has 6 nitrogen and oxygen atoms in total. The molecular weight excluding hydrogens is 528 g/mol. The van der Waals surface area contributed by atoms with Crippen molar-refractivity contribution in [3.05, 3.63) is 83.1 Å². The van der Waals surface area contributed by atoms with E-state index in [1.54, 1.807) is 0 Å². The number of hydrogen-bond donors (Lipinski definition) is 2. The summed E-state index contributed by atoms with van der Waals surface area (Å²) in [5, 5.41) is 23.6. The second kappa shape index (κ2) is 9.34. The summed E-state index contributed by atoms with van der Waals surface area (Å²) < 4.78 is 81.5. The van der Waals surface area contributed by atoms with E-state index in [9.17, 15) is 36.2 Å². The molecule has 1 atom stereocenters. The van der Waals surface area contributed by atoms with E-state index in [1.165, 1.54) is 60.8 Å². The Morgan fingerprint density at radius 1 is 0.946 bits per heavy atom. The van der Waals surface area contributed by atoms with Crippen molar-refractivity contribution in [2.24, 2.45) is 5.10 Å². The predicted molar refractivity (Wildman–Crippen MR) is 122 cm³/mol. The lowest BCUT2D eigenvalue weighted by Crippen LogP contribution is -2.62. The maximum absolute atomic E-state index is 13.6. The number of aromatic carboxylic acids is 1. The molecule has 194 valence electrons. The lowest BCUT2D eigenvalue weighted by atomic mass is 9.89. The second-order valence-corrected chi connectivity index (χ2v) is 8.57. The van der Waals surface area contributed by atoms with Crippen LogP contribution >= 0.6 is 11.6 Å². The minimum atomic E-state index is -6.09. The number of aromatic nitrogens is 1. The average Bonchev–Trinajstić information content (AvgIpc) is 3.28. The number of carboxylic acid groups (broad SMARTS) is 1. The summed E-state index contributed by atoms with van der Waals surface area (Å²) in [4.78, 5) is 15.1. The number of halogens is 7. The standard InChI is InChI=1S/C24H16ClF6N3O3/c25-17-3-1-2-4-18(17)34-19(10-20(33-34)22(37,23(26,27)28)24(29,30)31)14-7-5-13(6-8-14)15-9-16(21(35)36)12-32-11-15/h1-9,11-12,19,37H,10H2,(H,35,36). The van der Waals surface area contributed by atoms with Gasteiger partial charge in [-0.15, -0.1) is 0 Å². The highest BCUT2D eigenvalue weighted by Crippen LogP contribution is 2.49. The van der Waals surface area contributed by atoms with E-state index in [0.717, 1.165) is 11.2 Å².